The van der Waals surface area contributed by atoms with E-state index in [1.54, 1.807) is 0 Å². The summed E-state index contributed by atoms with van der Waals surface area (Å²) in [6.07, 6.45) is -0.396. The molecule has 3 rings (SSSR count). The highest BCUT2D eigenvalue weighted by molar-refractivity contribution is 7.90. The third kappa shape index (κ3) is 4.99. The minimum absolute atomic E-state index is 0.0358. The summed E-state index contributed by atoms with van der Waals surface area (Å²) in [4.78, 5) is 16.6. The van der Waals surface area contributed by atoms with Crippen LogP contribution in [0.5, 0.6) is 0 Å². The van der Waals surface area contributed by atoms with Gasteiger partial charge in [-0.05, 0) is 25.0 Å². The van der Waals surface area contributed by atoms with Gasteiger partial charge in [0.1, 0.15) is 11.4 Å². The number of carbonyl (C=O) groups is 1. The maximum atomic E-state index is 14.0. The number of alkyl halides is 6. The number of nitrogens with zero attached hydrogens (tertiary/aromatic N) is 3. The van der Waals surface area contributed by atoms with Gasteiger partial charge in [0.15, 0.2) is 14.9 Å². The number of hydrogen-bond acceptors (Lipinski definition) is 5. The van der Waals surface area contributed by atoms with Crippen LogP contribution < -0.4 is 5.32 Å². The molecule has 1 aliphatic carbocycles. The number of amides is 1. The molecule has 1 saturated carbocycles. The standard InChI is InChI=1S/C19H20F6N4O3S/c1-10-14(16(30)27-12-4-5-26-13(6-12)33(3,31)32)29(28-15(10)17(2,20)21)9-11-7-18(22,23)19(24,25)8-11/h4-6,11H,7-9H2,1-3H3,(H,26,27,30). The lowest BCUT2D eigenvalue weighted by atomic mass is 10.1. The van der Waals surface area contributed by atoms with Crippen LogP contribution in [0.2, 0.25) is 0 Å². The summed E-state index contributed by atoms with van der Waals surface area (Å²) >= 11 is 0. The Balaban J connectivity index is 1.97. The number of aromatic nitrogens is 3. The molecule has 1 aliphatic rings. The molecule has 2 aromatic heterocycles. The van der Waals surface area contributed by atoms with Crippen molar-refractivity contribution in [3.63, 3.8) is 0 Å². The molecule has 2 heterocycles. The molecule has 1 amide bonds. The first-order valence-corrected chi connectivity index (χ1v) is 11.5. The summed E-state index contributed by atoms with van der Waals surface area (Å²) in [6, 6.07) is 2.28. The van der Waals surface area contributed by atoms with Gasteiger partial charge in [0, 0.05) is 50.0 Å². The molecule has 0 aliphatic heterocycles. The highest BCUT2D eigenvalue weighted by Crippen LogP contribution is 2.51. The smallest absolute Gasteiger partial charge is 0.310 e. The number of hydrogen-bond donors (Lipinski definition) is 1. The van der Waals surface area contributed by atoms with E-state index in [4.69, 9.17) is 0 Å². The fraction of sp³-hybridized carbons (Fsp3) is 0.526. The molecule has 0 saturated heterocycles. The zero-order valence-electron chi connectivity index (χ0n) is 17.7. The van der Waals surface area contributed by atoms with Gasteiger partial charge in [0.2, 0.25) is 0 Å². The van der Waals surface area contributed by atoms with Crippen molar-refractivity contribution in [3.05, 3.63) is 35.3 Å². The second-order valence-corrected chi connectivity index (χ2v) is 10.1. The van der Waals surface area contributed by atoms with E-state index in [-0.39, 0.29) is 16.3 Å². The molecule has 0 unspecified atom stereocenters. The van der Waals surface area contributed by atoms with Crippen LogP contribution in [0.25, 0.3) is 0 Å². The van der Waals surface area contributed by atoms with Crippen molar-refractivity contribution in [2.24, 2.45) is 5.92 Å². The van der Waals surface area contributed by atoms with E-state index in [1.165, 1.54) is 6.07 Å². The Hall–Kier alpha value is -2.64. The number of sulfone groups is 1. The summed E-state index contributed by atoms with van der Waals surface area (Å²) in [5.74, 6) is -14.4. The van der Waals surface area contributed by atoms with Crippen LogP contribution >= 0.6 is 0 Å². The van der Waals surface area contributed by atoms with Crippen molar-refractivity contribution in [3.8, 4) is 0 Å². The second kappa shape index (κ2) is 7.99. The monoisotopic (exact) mass is 498 g/mol. The van der Waals surface area contributed by atoms with Crippen LogP contribution in [-0.4, -0.2) is 47.2 Å². The lowest BCUT2D eigenvalue weighted by molar-refractivity contribution is -0.185. The van der Waals surface area contributed by atoms with Gasteiger partial charge in [-0.3, -0.25) is 9.48 Å². The summed E-state index contributed by atoms with van der Waals surface area (Å²) in [7, 11) is -3.72. The molecule has 182 valence electrons. The maximum absolute atomic E-state index is 14.0. The van der Waals surface area contributed by atoms with Gasteiger partial charge in [-0.25, -0.2) is 13.4 Å². The molecule has 0 aromatic carbocycles. The van der Waals surface area contributed by atoms with Gasteiger partial charge < -0.3 is 5.32 Å². The molecule has 0 bridgehead atoms. The van der Waals surface area contributed by atoms with Gasteiger partial charge in [-0.15, -0.1) is 0 Å². The van der Waals surface area contributed by atoms with Crippen molar-refractivity contribution in [2.45, 2.75) is 56.0 Å². The molecule has 0 atom stereocenters. The van der Waals surface area contributed by atoms with Crippen molar-refractivity contribution < 1.29 is 39.6 Å². The lowest BCUT2D eigenvalue weighted by Crippen LogP contribution is -2.33. The lowest BCUT2D eigenvalue weighted by Gasteiger charge is -2.16. The molecule has 1 N–H and O–H groups in total. The Morgan fingerprint density at radius 3 is 2.33 bits per heavy atom. The topological polar surface area (TPSA) is 93.9 Å². The number of nitrogens with one attached hydrogen (secondary N) is 1. The summed E-state index contributed by atoms with van der Waals surface area (Å²) in [6.45, 7) is 1.07. The van der Waals surface area contributed by atoms with E-state index >= 15 is 0 Å². The van der Waals surface area contributed by atoms with E-state index in [9.17, 15) is 39.6 Å². The van der Waals surface area contributed by atoms with E-state index in [0.717, 1.165) is 30.1 Å². The Kier molecular flexibility index (Phi) is 6.05. The van der Waals surface area contributed by atoms with Crippen molar-refractivity contribution >= 4 is 21.4 Å². The first-order valence-electron chi connectivity index (χ1n) is 9.61. The molecular weight excluding hydrogens is 478 g/mol. The Morgan fingerprint density at radius 1 is 1.24 bits per heavy atom. The maximum Gasteiger partial charge on any atom is 0.310 e. The Labute approximate surface area is 185 Å². The number of pyridine rings is 1. The largest absolute Gasteiger partial charge is 0.321 e. The number of anilines is 1. The minimum Gasteiger partial charge on any atom is -0.321 e. The summed E-state index contributed by atoms with van der Waals surface area (Å²) < 4.78 is 106. The van der Waals surface area contributed by atoms with Crippen molar-refractivity contribution in [1.82, 2.24) is 14.8 Å². The van der Waals surface area contributed by atoms with Crippen LogP contribution in [0.1, 0.15) is 41.5 Å². The Morgan fingerprint density at radius 2 is 1.82 bits per heavy atom. The van der Waals surface area contributed by atoms with Crippen LogP contribution in [0.15, 0.2) is 23.4 Å². The predicted molar refractivity (Wildman–Crippen MR) is 104 cm³/mol. The molecule has 14 heteroatoms. The third-order valence-electron chi connectivity index (χ3n) is 5.25. The van der Waals surface area contributed by atoms with Gasteiger partial charge in [-0.2, -0.15) is 31.4 Å². The van der Waals surface area contributed by atoms with E-state index in [2.05, 4.69) is 15.4 Å². The SMILES string of the molecule is Cc1c(C(C)(F)F)nn(CC2CC(F)(F)C(F)(F)C2)c1C(=O)Nc1ccnc(S(C)(=O)=O)c1. The normalized spacial score (nSPS) is 18.5. The highest BCUT2D eigenvalue weighted by Gasteiger charge is 2.63. The first kappa shape index (κ1) is 25.0. The summed E-state index contributed by atoms with van der Waals surface area (Å²) in [5, 5.41) is 5.64. The molecular formula is C19H20F6N4O3S. The minimum atomic E-state index is -4.26. The number of halogens is 6. The van der Waals surface area contributed by atoms with Gasteiger partial charge in [0.05, 0.1) is 0 Å². The molecule has 1 fully saturated rings. The fourth-order valence-electron chi connectivity index (χ4n) is 3.74. The predicted octanol–water partition coefficient (Wildman–Crippen LogP) is 4.03. The highest BCUT2D eigenvalue weighted by atomic mass is 32.2. The molecule has 7 nitrogen and oxygen atoms in total. The molecule has 0 spiro atoms. The quantitative estimate of drug-likeness (QED) is 0.607. The van der Waals surface area contributed by atoms with Gasteiger partial charge in [-0.1, -0.05) is 0 Å². The van der Waals surface area contributed by atoms with Gasteiger partial charge in [0.25, 0.3) is 11.8 Å². The molecule has 0 radical (unpaired) electrons. The van der Waals surface area contributed by atoms with Crippen LogP contribution in [0.3, 0.4) is 0 Å². The third-order valence-corrected chi connectivity index (χ3v) is 6.23. The average Bonchev–Trinajstić information content (AvgIpc) is 3.06. The summed E-state index contributed by atoms with van der Waals surface area (Å²) in [5.41, 5.74) is -1.56. The molecule has 2 aromatic rings. The van der Waals surface area contributed by atoms with Crippen LogP contribution in [0, 0.1) is 12.8 Å². The van der Waals surface area contributed by atoms with Crippen LogP contribution in [-0.2, 0) is 22.3 Å². The molecule has 33 heavy (non-hydrogen) atoms. The van der Waals surface area contributed by atoms with E-state index in [1.807, 2.05) is 0 Å². The number of rotatable bonds is 6. The van der Waals surface area contributed by atoms with Crippen molar-refractivity contribution in [1.29, 1.82) is 0 Å². The van der Waals surface area contributed by atoms with Gasteiger partial charge >= 0.3 is 11.8 Å². The number of carbonyl (C=O) groups excluding carboxylic acids is 1. The van der Waals surface area contributed by atoms with E-state index in [0.29, 0.717) is 6.92 Å². The first-order chi connectivity index (χ1) is 14.9. The van der Waals surface area contributed by atoms with Crippen LogP contribution in [0.4, 0.5) is 32.0 Å². The van der Waals surface area contributed by atoms with E-state index < -0.39 is 70.2 Å². The Bertz CT molecular complexity index is 1170. The zero-order valence-corrected chi connectivity index (χ0v) is 18.5. The zero-order chi connectivity index (χ0) is 25.0. The van der Waals surface area contributed by atoms with Crippen molar-refractivity contribution in [2.75, 3.05) is 11.6 Å². The average molecular weight is 498 g/mol. The second-order valence-electron chi connectivity index (χ2n) is 8.18. The fourth-order valence-corrected chi connectivity index (χ4v) is 4.33.